The van der Waals surface area contributed by atoms with Crippen LogP contribution in [0.2, 0.25) is 0 Å². The number of rotatable bonds is 7. The minimum atomic E-state index is -0.339. The molecule has 0 fully saturated rings. The largest absolute Gasteiger partial charge is 0.352 e. The molecule has 5 nitrogen and oxygen atoms in total. The molecule has 0 saturated heterocycles. The van der Waals surface area contributed by atoms with Crippen LogP contribution in [-0.2, 0) is 0 Å². The van der Waals surface area contributed by atoms with Crippen molar-refractivity contribution in [2.75, 3.05) is 6.54 Å². The molecule has 0 spiro atoms. The summed E-state index contributed by atoms with van der Waals surface area (Å²) in [7, 11) is 0. The zero-order chi connectivity index (χ0) is 16.8. The van der Waals surface area contributed by atoms with Gasteiger partial charge in [0.05, 0.1) is 0 Å². The lowest BCUT2D eigenvalue weighted by Gasteiger charge is -2.15. The van der Waals surface area contributed by atoms with Crippen LogP contribution in [0.1, 0.15) is 55.5 Å². The van der Waals surface area contributed by atoms with Crippen LogP contribution in [0.5, 0.6) is 0 Å². The van der Waals surface area contributed by atoms with Gasteiger partial charge >= 0.3 is 0 Å². The molecule has 124 valence electrons. The second-order valence-corrected chi connectivity index (χ2v) is 6.04. The summed E-state index contributed by atoms with van der Waals surface area (Å²) >= 11 is 0. The van der Waals surface area contributed by atoms with Crippen molar-refractivity contribution < 1.29 is 4.79 Å². The molecule has 2 aromatic rings. The molecule has 2 rings (SSSR count). The predicted molar refractivity (Wildman–Crippen MR) is 91.8 cm³/mol. The molecular formula is C18H25N3O2. The van der Waals surface area contributed by atoms with Crippen molar-refractivity contribution in [3.05, 3.63) is 46.0 Å². The molecule has 0 aliphatic rings. The van der Waals surface area contributed by atoms with E-state index in [1.54, 1.807) is 12.3 Å². The Bertz CT molecular complexity index is 737. The lowest BCUT2D eigenvalue weighted by Crippen LogP contribution is -2.34. The maximum Gasteiger partial charge on any atom is 0.270 e. The Hall–Kier alpha value is -2.17. The molecule has 5 heteroatoms. The summed E-state index contributed by atoms with van der Waals surface area (Å²) in [5, 5.41) is 2.89. The van der Waals surface area contributed by atoms with Crippen LogP contribution >= 0.6 is 0 Å². The van der Waals surface area contributed by atoms with Gasteiger partial charge in [0.15, 0.2) is 0 Å². The SMILES string of the molecule is CCCCC(CC)CNC(=O)c1cnc2ccc(C)cn2c1=O. The molecular weight excluding hydrogens is 290 g/mol. The summed E-state index contributed by atoms with van der Waals surface area (Å²) in [6, 6.07) is 3.66. The Labute approximate surface area is 136 Å². The Morgan fingerprint density at radius 3 is 2.83 bits per heavy atom. The molecule has 2 aromatic heterocycles. The van der Waals surface area contributed by atoms with E-state index in [0.29, 0.717) is 18.1 Å². The standard InChI is InChI=1S/C18H25N3O2/c1-4-6-7-14(5-2)10-20-17(22)15-11-19-16-9-8-13(3)12-21(16)18(15)23/h8-9,11-12,14H,4-7,10H2,1-3H3,(H,20,22). The fraction of sp³-hybridized carbons (Fsp3) is 0.500. The topological polar surface area (TPSA) is 63.5 Å². The van der Waals surface area contributed by atoms with E-state index in [0.717, 1.165) is 31.2 Å². The Balaban J connectivity index is 2.15. The van der Waals surface area contributed by atoms with Gasteiger partial charge in [0.1, 0.15) is 11.2 Å². The highest BCUT2D eigenvalue weighted by Crippen LogP contribution is 2.11. The number of carbonyl (C=O) groups excluding carboxylic acids is 1. The van der Waals surface area contributed by atoms with Gasteiger partial charge in [-0.1, -0.05) is 39.2 Å². The number of pyridine rings is 1. The first-order valence-corrected chi connectivity index (χ1v) is 8.33. The lowest BCUT2D eigenvalue weighted by atomic mass is 9.99. The lowest BCUT2D eigenvalue weighted by molar-refractivity contribution is 0.0943. The molecule has 2 heterocycles. The highest BCUT2D eigenvalue weighted by Gasteiger charge is 2.15. The van der Waals surface area contributed by atoms with Crippen LogP contribution in [0.25, 0.3) is 5.65 Å². The first-order chi connectivity index (χ1) is 11.1. The zero-order valence-corrected chi connectivity index (χ0v) is 14.1. The number of nitrogens with zero attached hydrogens (tertiary/aromatic N) is 2. The summed E-state index contributed by atoms with van der Waals surface area (Å²) < 4.78 is 1.43. The monoisotopic (exact) mass is 315 g/mol. The third-order valence-corrected chi connectivity index (χ3v) is 4.19. The van der Waals surface area contributed by atoms with Crippen molar-refractivity contribution in [3.8, 4) is 0 Å². The minimum Gasteiger partial charge on any atom is -0.352 e. The van der Waals surface area contributed by atoms with E-state index in [9.17, 15) is 9.59 Å². The van der Waals surface area contributed by atoms with E-state index in [1.807, 2.05) is 13.0 Å². The number of hydrogen-bond donors (Lipinski definition) is 1. The molecule has 0 saturated carbocycles. The number of carbonyl (C=O) groups is 1. The highest BCUT2D eigenvalue weighted by molar-refractivity contribution is 5.93. The van der Waals surface area contributed by atoms with Gasteiger partial charge in [-0.25, -0.2) is 4.98 Å². The molecule has 0 bridgehead atoms. The van der Waals surface area contributed by atoms with Crippen molar-refractivity contribution in [1.82, 2.24) is 14.7 Å². The van der Waals surface area contributed by atoms with Gasteiger partial charge in [-0.3, -0.25) is 14.0 Å². The predicted octanol–water partition coefficient (Wildman–Crippen LogP) is 2.95. The zero-order valence-electron chi connectivity index (χ0n) is 14.1. The Kier molecular flexibility index (Phi) is 5.90. The van der Waals surface area contributed by atoms with Crippen molar-refractivity contribution in [2.24, 2.45) is 5.92 Å². The molecule has 1 atom stereocenters. The summed E-state index contributed by atoms with van der Waals surface area (Å²) in [6.45, 7) is 6.79. The third-order valence-electron chi connectivity index (χ3n) is 4.19. The van der Waals surface area contributed by atoms with Gasteiger partial charge < -0.3 is 5.32 Å². The number of nitrogens with one attached hydrogen (secondary N) is 1. The maximum atomic E-state index is 12.5. The number of amides is 1. The fourth-order valence-corrected chi connectivity index (χ4v) is 2.61. The van der Waals surface area contributed by atoms with Crippen molar-refractivity contribution in [2.45, 2.75) is 46.5 Å². The van der Waals surface area contributed by atoms with Gasteiger partial charge in [-0.05, 0) is 30.9 Å². The third kappa shape index (κ3) is 4.18. The van der Waals surface area contributed by atoms with Crippen LogP contribution in [-0.4, -0.2) is 21.8 Å². The smallest absolute Gasteiger partial charge is 0.270 e. The van der Waals surface area contributed by atoms with Crippen molar-refractivity contribution >= 4 is 11.6 Å². The van der Waals surface area contributed by atoms with Gasteiger partial charge in [-0.2, -0.15) is 0 Å². The number of unbranched alkanes of at least 4 members (excludes halogenated alkanes) is 1. The molecule has 23 heavy (non-hydrogen) atoms. The van der Waals surface area contributed by atoms with Gasteiger partial charge in [-0.15, -0.1) is 0 Å². The summed E-state index contributed by atoms with van der Waals surface area (Å²) in [4.78, 5) is 29.0. The normalized spacial score (nSPS) is 12.3. The van der Waals surface area contributed by atoms with Crippen molar-refractivity contribution in [1.29, 1.82) is 0 Å². The average molecular weight is 315 g/mol. The molecule has 1 N–H and O–H groups in total. The van der Waals surface area contributed by atoms with Crippen LogP contribution < -0.4 is 10.9 Å². The van der Waals surface area contributed by atoms with Gasteiger partial charge in [0, 0.05) is 18.9 Å². The fourth-order valence-electron chi connectivity index (χ4n) is 2.61. The molecule has 1 unspecified atom stereocenters. The number of hydrogen-bond acceptors (Lipinski definition) is 3. The quantitative estimate of drug-likeness (QED) is 0.854. The van der Waals surface area contributed by atoms with Gasteiger partial charge in [0.2, 0.25) is 0 Å². The van der Waals surface area contributed by atoms with E-state index in [2.05, 4.69) is 24.1 Å². The van der Waals surface area contributed by atoms with Crippen LogP contribution in [0.3, 0.4) is 0 Å². The minimum absolute atomic E-state index is 0.0958. The molecule has 0 aliphatic carbocycles. The van der Waals surface area contributed by atoms with E-state index in [4.69, 9.17) is 0 Å². The average Bonchev–Trinajstić information content (AvgIpc) is 2.55. The van der Waals surface area contributed by atoms with E-state index in [-0.39, 0.29) is 17.0 Å². The summed E-state index contributed by atoms with van der Waals surface area (Å²) in [5.41, 5.74) is 1.27. The van der Waals surface area contributed by atoms with E-state index >= 15 is 0 Å². The first kappa shape index (κ1) is 17.2. The number of aryl methyl sites for hydroxylation is 1. The maximum absolute atomic E-state index is 12.5. The Morgan fingerprint density at radius 2 is 2.13 bits per heavy atom. The molecule has 0 radical (unpaired) electrons. The molecule has 0 aliphatic heterocycles. The van der Waals surface area contributed by atoms with Crippen LogP contribution in [0, 0.1) is 12.8 Å². The van der Waals surface area contributed by atoms with Crippen LogP contribution in [0.15, 0.2) is 29.3 Å². The van der Waals surface area contributed by atoms with E-state index < -0.39 is 0 Å². The van der Waals surface area contributed by atoms with Gasteiger partial charge in [0.25, 0.3) is 11.5 Å². The Morgan fingerprint density at radius 1 is 1.35 bits per heavy atom. The molecule has 0 aromatic carbocycles. The highest BCUT2D eigenvalue weighted by atomic mass is 16.2. The van der Waals surface area contributed by atoms with Crippen molar-refractivity contribution in [3.63, 3.8) is 0 Å². The first-order valence-electron chi connectivity index (χ1n) is 8.33. The summed E-state index contributed by atoms with van der Waals surface area (Å²) in [5.74, 6) is 0.116. The number of fused-ring (bicyclic) bond motifs is 1. The van der Waals surface area contributed by atoms with E-state index in [1.165, 1.54) is 10.6 Å². The summed E-state index contributed by atoms with van der Waals surface area (Å²) in [6.07, 6.45) is 7.51. The second-order valence-electron chi connectivity index (χ2n) is 6.04. The number of aromatic nitrogens is 2. The molecule has 1 amide bonds. The van der Waals surface area contributed by atoms with Crippen LogP contribution in [0.4, 0.5) is 0 Å². The second kappa shape index (κ2) is 7.90.